The van der Waals surface area contributed by atoms with E-state index in [1.165, 1.54) is 4.88 Å². The molecule has 0 saturated carbocycles. The molecule has 1 N–H and O–H groups in total. The van der Waals surface area contributed by atoms with Crippen LogP contribution in [0.3, 0.4) is 0 Å². The molecule has 0 radical (unpaired) electrons. The molecule has 0 fully saturated rings. The van der Waals surface area contributed by atoms with E-state index >= 15 is 0 Å². The van der Waals surface area contributed by atoms with Crippen LogP contribution in [-0.2, 0) is 20.0 Å². The van der Waals surface area contributed by atoms with E-state index in [4.69, 9.17) is 23.2 Å². The predicted molar refractivity (Wildman–Crippen MR) is 73.0 cm³/mol. The molecule has 0 unspecified atom stereocenters. The van der Waals surface area contributed by atoms with Crippen molar-refractivity contribution in [3.05, 3.63) is 38.5 Å². The minimum atomic E-state index is 0.659. The fourth-order valence-electron chi connectivity index (χ4n) is 1.49. The highest BCUT2D eigenvalue weighted by Crippen LogP contribution is 2.21. The van der Waals surface area contributed by atoms with Crippen LogP contribution in [0.5, 0.6) is 0 Å². The smallest absolute Gasteiger partial charge is 0.128 e. The quantitative estimate of drug-likeness (QED) is 0.857. The molecule has 2 aromatic rings. The fraction of sp³-hybridized carbons (Fsp3) is 0.364. The first-order valence-electron chi connectivity index (χ1n) is 5.28. The minimum Gasteiger partial charge on any atom is -0.321 e. The maximum atomic E-state index is 5.90. The molecule has 0 aliphatic carbocycles. The van der Waals surface area contributed by atoms with Crippen molar-refractivity contribution in [2.45, 2.75) is 13.0 Å². The number of halogens is 2. The van der Waals surface area contributed by atoms with Gasteiger partial charge in [0.05, 0.1) is 17.1 Å². The summed E-state index contributed by atoms with van der Waals surface area (Å²) in [5.41, 5.74) is 0. The third kappa shape index (κ3) is 3.45. The van der Waals surface area contributed by atoms with Gasteiger partial charge in [-0.3, -0.25) is 0 Å². The molecule has 0 aliphatic heterocycles. The van der Waals surface area contributed by atoms with E-state index in [1.54, 1.807) is 17.5 Å². The van der Waals surface area contributed by atoms with Crippen molar-refractivity contribution in [1.82, 2.24) is 14.9 Å². The van der Waals surface area contributed by atoms with Gasteiger partial charge in [-0.1, -0.05) is 23.2 Å². The zero-order valence-corrected chi connectivity index (χ0v) is 11.7. The lowest BCUT2D eigenvalue weighted by atomic mass is 10.3. The van der Waals surface area contributed by atoms with Crippen LogP contribution < -0.4 is 5.32 Å². The highest BCUT2D eigenvalue weighted by atomic mass is 35.5. The summed E-state index contributed by atoms with van der Waals surface area (Å²) >= 11 is 13.4. The van der Waals surface area contributed by atoms with Crippen molar-refractivity contribution >= 4 is 34.5 Å². The first-order chi connectivity index (χ1) is 8.16. The maximum Gasteiger partial charge on any atom is 0.128 e. The Hall–Kier alpha value is -0.550. The van der Waals surface area contributed by atoms with Crippen LogP contribution in [0.15, 0.2) is 18.3 Å². The highest BCUT2D eigenvalue weighted by Gasteiger charge is 2.03. The number of thiophene rings is 1. The summed E-state index contributed by atoms with van der Waals surface area (Å²) < 4.78 is 2.72. The average molecular weight is 290 g/mol. The van der Waals surface area contributed by atoms with Crippen molar-refractivity contribution in [2.24, 2.45) is 7.05 Å². The molecule has 0 aromatic carbocycles. The van der Waals surface area contributed by atoms with Gasteiger partial charge < -0.3 is 9.88 Å². The Morgan fingerprint density at radius 1 is 1.41 bits per heavy atom. The Morgan fingerprint density at radius 2 is 2.24 bits per heavy atom. The number of hydrogen-bond donors (Lipinski definition) is 1. The van der Waals surface area contributed by atoms with Crippen molar-refractivity contribution in [1.29, 1.82) is 0 Å². The molecule has 0 amide bonds. The summed E-state index contributed by atoms with van der Waals surface area (Å²) in [6.45, 7) is 1.63. The van der Waals surface area contributed by atoms with E-state index in [-0.39, 0.29) is 0 Å². The van der Waals surface area contributed by atoms with Gasteiger partial charge in [0, 0.05) is 18.5 Å². The lowest BCUT2D eigenvalue weighted by Crippen LogP contribution is -2.18. The molecule has 0 aliphatic rings. The van der Waals surface area contributed by atoms with Crippen LogP contribution in [0.2, 0.25) is 9.49 Å². The van der Waals surface area contributed by atoms with Crippen LogP contribution in [0, 0.1) is 0 Å². The van der Waals surface area contributed by atoms with Crippen LogP contribution in [0.1, 0.15) is 10.7 Å². The number of rotatable bonds is 5. The van der Waals surface area contributed by atoms with Crippen molar-refractivity contribution in [2.75, 3.05) is 6.54 Å². The van der Waals surface area contributed by atoms with E-state index in [2.05, 4.69) is 16.4 Å². The molecule has 2 rings (SSSR count). The maximum absolute atomic E-state index is 5.90. The summed E-state index contributed by atoms with van der Waals surface area (Å²) in [7, 11) is 1.91. The number of nitrogens with zero attached hydrogens (tertiary/aromatic N) is 2. The van der Waals surface area contributed by atoms with Crippen LogP contribution >= 0.6 is 34.5 Å². The van der Waals surface area contributed by atoms with Crippen molar-refractivity contribution in [3.8, 4) is 0 Å². The number of aromatic nitrogens is 2. The van der Waals surface area contributed by atoms with Gasteiger partial charge in [0.1, 0.15) is 11.0 Å². The van der Waals surface area contributed by atoms with E-state index in [1.807, 2.05) is 17.7 Å². The van der Waals surface area contributed by atoms with Gasteiger partial charge >= 0.3 is 0 Å². The van der Waals surface area contributed by atoms with Gasteiger partial charge in [0.2, 0.25) is 0 Å². The molecule has 17 heavy (non-hydrogen) atoms. The average Bonchev–Trinajstić information content (AvgIpc) is 2.84. The third-order valence-electron chi connectivity index (χ3n) is 2.49. The zero-order chi connectivity index (χ0) is 12.3. The first kappa shape index (κ1) is 12.9. The van der Waals surface area contributed by atoms with Gasteiger partial charge in [-0.05, 0) is 18.6 Å². The Morgan fingerprint density at radius 3 is 2.82 bits per heavy atom. The van der Waals surface area contributed by atoms with Crippen LogP contribution in [0.4, 0.5) is 0 Å². The molecule has 0 saturated heterocycles. The van der Waals surface area contributed by atoms with Gasteiger partial charge in [0.15, 0.2) is 0 Å². The summed E-state index contributed by atoms with van der Waals surface area (Å²) in [5, 5.41) is 3.99. The first-order valence-corrected chi connectivity index (χ1v) is 6.85. The topological polar surface area (TPSA) is 29.9 Å². The molecule has 0 spiro atoms. The molecule has 2 aromatic heterocycles. The zero-order valence-electron chi connectivity index (χ0n) is 9.41. The Balaban J connectivity index is 1.75. The second-order valence-corrected chi connectivity index (χ2v) is 5.88. The molecule has 2 heterocycles. The minimum absolute atomic E-state index is 0.659. The fourth-order valence-corrected chi connectivity index (χ4v) is 2.72. The second-order valence-electron chi connectivity index (χ2n) is 3.69. The van der Waals surface area contributed by atoms with Gasteiger partial charge in [-0.15, -0.1) is 11.3 Å². The molecular formula is C11H13Cl2N3S. The van der Waals surface area contributed by atoms with Crippen molar-refractivity contribution in [3.63, 3.8) is 0 Å². The van der Waals surface area contributed by atoms with Gasteiger partial charge in [-0.25, -0.2) is 4.98 Å². The second kappa shape index (κ2) is 5.87. The van der Waals surface area contributed by atoms with E-state index in [0.717, 1.165) is 29.7 Å². The monoisotopic (exact) mass is 289 g/mol. The summed E-state index contributed by atoms with van der Waals surface area (Å²) in [5.74, 6) is 0.944. The summed E-state index contributed by atoms with van der Waals surface area (Å²) in [6, 6.07) is 3.99. The molecule has 92 valence electrons. The predicted octanol–water partition coefficient (Wildman–Crippen LogP) is 3.12. The number of nitrogens with one attached hydrogen (secondary N) is 1. The Kier molecular flexibility index (Phi) is 4.45. The normalized spacial score (nSPS) is 11.0. The molecule has 0 atom stereocenters. The largest absolute Gasteiger partial charge is 0.321 e. The lowest BCUT2D eigenvalue weighted by Gasteiger charge is -2.04. The molecule has 0 bridgehead atoms. The lowest BCUT2D eigenvalue weighted by molar-refractivity contribution is 0.640. The Bertz CT molecular complexity index is 493. The highest BCUT2D eigenvalue weighted by molar-refractivity contribution is 7.16. The number of hydrogen-bond acceptors (Lipinski definition) is 3. The van der Waals surface area contributed by atoms with Crippen molar-refractivity contribution < 1.29 is 0 Å². The standard InChI is InChI=1S/C11H13Cl2N3S/c1-16-9(12)6-15-11(16)7-14-5-4-8-2-3-10(13)17-8/h2-3,6,14H,4-5,7H2,1H3. The van der Waals surface area contributed by atoms with E-state index < -0.39 is 0 Å². The third-order valence-corrected chi connectivity index (χ3v) is 4.13. The molecule has 3 nitrogen and oxygen atoms in total. The van der Waals surface area contributed by atoms with Crippen LogP contribution in [0.25, 0.3) is 0 Å². The Labute approximate surface area is 114 Å². The number of imidazole rings is 1. The SMILES string of the molecule is Cn1c(Cl)cnc1CNCCc1ccc(Cl)s1. The van der Waals surface area contributed by atoms with Gasteiger partial charge in [0.25, 0.3) is 0 Å². The molecule has 6 heteroatoms. The van der Waals surface area contributed by atoms with Gasteiger partial charge in [-0.2, -0.15) is 0 Å². The van der Waals surface area contributed by atoms with E-state index in [0.29, 0.717) is 5.15 Å². The summed E-state index contributed by atoms with van der Waals surface area (Å²) in [4.78, 5) is 5.51. The van der Waals surface area contributed by atoms with E-state index in [9.17, 15) is 0 Å². The van der Waals surface area contributed by atoms with Crippen LogP contribution in [-0.4, -0.2) is 16.1 Å². The molecular weight excluding hydrogens is 277 g/mol. The summed E-state index contributed by atoms with van der Waals surface area (Å²) in [6.07, 6.45) is 2.65.